The van der Waals surface area contributed by atoms with Gasteiger partial charge in [-0.05, 0) is 13.8 Å². The van der Waals surface area contributed by atoms with Crippen LogP contribution in [-0.4, -0.2) is 19.0 Å². The first-order valence-electron chi connectivity index (χ1n) is 5.73. The van der Waals surface area contributed by atoms with Crippen molar-refractivity contribution in [1.29, 1.82) is 0 Å². The molecule has 2 rings (SSSR count). The first-order valence-corrected chi connectivity index (χ1v) is 5.73. The Morgan fingerprint density at radius 2 is 2.05 bits per heavy atom. The molecule has 0 spiro atoms. The van der Waals surface area contributed by atoms with E-state index in [4.69, 9.17) is 0 Å². The molecule has 0 atom stereocenters. The Balaban J connectivity index is 2.47. The SMILES string of the molecule is Cc1cnc(Cn2ccn(C)c2=O)c(C)c1[N+](=O)[O-]. The van der Waals surface area contributed by atoms with Crippen LogP contribution in [-0.2, 0) is 13.6 Å². The molecule has 0 saturated carbocycles. The van der Waals surface area contributed by atoms with Crippen LogP contribution in [0.25, 0.3) is 0 Å². The third kappa shape index (κ3) is 2.26. The minimum atomic E-state index is -0.413. The Bertz CT molecular complexity index is 699. The average molecular weight is 262 g/mol. The van der Waals surface area contributed by atoms with E-state index in [9.17, 15) is 14.9 Å². The molecule has 0 N–H and O–H groups in total. The molecule has 0 aliphatic heterocycles. The third-order valence-electron chi connectivity index (χ3n) is 3.10. The summed E-state index contributed by atoms with van der Waals surface area (Å²) < 4.78 is 2.91. The molecule has 0 aliphatic rings. The van der Waals surface area contributed by atoms with Crippen molar-refractivity contribution in [3.8, 4) is 0 Å². The van der Waals surface area contributed by atoms with Crippen molar-refractivity contribution in [2.45, 2.75) is 20.4 Å². The Kier molecular flexibility index (Phi) is 3.20. The summed E-state index contributed by atoms with van der Waals surface area (Å²) in [5.41, 5.74) is 1.44. The zero-order valence-corrected chi connectivity index (χ0v) is 11.0. The highest BCUT2D eigenvalue weighted by atomic mass is 16.6. The first-order chi connectivity index (χ1) is 8.91. The van der Waals surface area contributed by atoms with E-state index in [0.717, 1.165) is 0 Å². The van der Waals surface area contributed by atoms with Crippen LogP contribution >= 0.6 is 0 Å². The summed E-state index contributed by atoms with van der Waals surface area (Å²) >= 11 is 0. The normalized spacial score (nSPS) is 10.7. The van der Waals surface area contributed by atoms with E-state index in [1.807, 2.05) is 0 Å². The lowest BCUT2D eigenvalue weighted by Crippen LogP contribution is -2.23. The van der Waals surface area contributed by atoms with E-state index in [1.54, 1.807) is 33.3 Å². The fourth-order valence-electron chi connectivity index (χ4n) is 2.00. The summed E-state index contributed by atoms with van der Waals surface area (Å²) in [5, 5.41) is 11.0. The molecule has 7 nitrogen and oxygen atoms in total. The number of aryl methyl sites for hydroxylation is 2. The van der Waals surface area contributed by atoms with Crippen molar-refractivity contribution in [3.05, 3.63) is 56.0 Å². The summed E-state index contributed by atoms with van der Waals surface area (Å²) in [7, 11) is 1.65. The lowest BCUT2D eigenvalue weighted by Gasteiger charge is -2.07. The van der Waals surface area contributed by atoms with Crippen LogP contribution in [0, 0.1) is 24.0 Å². The smallest absolute Gasteiger partial charge is 0.302 e. The van der Waals surface area contributed by atoms with Crippen molar-refractivity contribution in [1.82, 2.24) is 14.1 Å². The Morgan fingerprint density at radius 1 is 1.37 bits per heavy atom. The first kappa shape index (κ1) is 13.0. The molecule has 0 fully saturated rings. The number of nitro groups is 1. The van der Waals surface area contributed by atoms with Gasteiger partial charge >= 0.3 is 5.69 Å². The molecule has 0 unspecified atom stereocenters. The highest BCUT2D eigenvalue weighted by Gasteiger charge is 2.19. The second-order valence-electron chi connectivity index (χ2n) is 4.44. The predicted molar refractivity (Wildman–Crippen MR) is 69.1 cm³/mol. The average Bonchev–Trinajstić information content (AvgIpc) is 2.64. The number of aromatic nitrogens is 3. The topological polar surface area (TPSA) is 83.0 Å². The van der Waals surface area contributed by atoms with E-state index in [2.05, 4.69) is 4.98 Å². The van der Waals surface area contributed by atoms with Gasteiger partial charge in [-0.2, -0.15) is 0 Å². The van der Waals surface area contributed by atoms with Crippen molar-refractivity contribution in [2.75, 3.05) is 0 Å². The molecular formula is C12H14N4O3. The van der Waals surface area contributed by atoms with E-state index in [0.29, 0.717) is 16.8 Å². The highest BCUT2D eigenvalue weighted by molar-refractivity contribution is 5.47. The molecule has 2 heterocycles. The van der Waals surface area contributed by atoms with Gasteiger partial charge in [-0.15, -0.1) is 0 Å². The zero-order chi connectivity index (χ0) is 14.2. The summed E-state index contributed by atoms with van der Waals surface area (Å²) in [5.74, 6) is 0. The van der Waals surface area contributed by atoms with Crippen LogP contribution in [0.4, 0.5) is 5.69 Å². The lowest BCUT2D eigenvalue weighted by molar-refractivity contribution is -0.386. The summed E-state index contributed by atoms with van der Waals surface area (Å²) in [4.78, 5) is 26.5. The fraction of sp³-hybridized carbons (Fsp3) is 0.333. The molecule has 19 heavy (non-hydrogen) atoms. The lowest BCUT2D eigenvalue weighted by atomic mass is 10.1. The quantitative estimate of drug-likeness (QED) is 0.613. The standard InChI is InChI=1S/C12H14N4O3/c1-8-6-13-10(9(2)11(8)16(18)19)7-15-5-4-14(3)12(15)17/h4-6H,7H2,1-3H3. The van der Waals surface area contributed by atoms with Gasteiger partial charge in [0.1, 0.15) is 0 Å². The van der Waals surface area contributed by atoms with Gasteiger partial charge in [-0.25, -0.2) is 4.79 Å². The summed E-state index contributed by atoms with van der Waals surface area (Å²) in [6.45, 7) is 3.53. The number of pyridine rings is 1. The minimum absolute atomic E-state index is 0.0639. The predicted octanol–water partition coefficient (Wildman–Crippen LogP) is 1.16. The van der Waals surface area contributed by atoms with Crippen molar-refractivity contribution in [3.63, 3.8) is 0 Å². The largest absolute Gasteiger partial charge is 0.328 e. The molecule has 0 aromatic carbocycles. The molecule has 7 heteroatoms. The van der Waals surface area contributed by atoms with Crippen LogP contribution in [0.5, 0.6) is 0 Å². The van der Waals surface area contributed by atoms with E-state index in [1.165, 1.54) is 15.3 Å². The maximum absolute atomic E-state index is 11.7. The van der Waals surface area contributed by atoms with Gasteiger partial charge in [-0.3, -0.25) is 19.7 Å². The summed E-state index contributed by atoms with van der Waals surface area (Å²) in [6, 6.07) is 0. The Labute approximate surface area is 109 Å². The second kappa shape index (κ2) is 4.68. The van der Waals surface area contributed by atoms with Crippen LogP contribution in [0.15, 0.2) is 23.4 Å². The molecule has 0 saturated heterocycles. The molecule has 0 aliphatic carbocycles. The van der Waals surface area contributed by atoms with Crippen molar-refractivity contribution < 1.29 is 4.92 Å². The van der Waals surface area contributed by atoms with Gasteiger partial charge in [-0.1, -0.05) is 0 Å². The minimum Gasteiger partial charge on any atom is -0.302 e. The van der Waals surface area contributed by atoms with Gasteiger partial charge < -0.3 is 4.57 Å². The molecule has 2 aromatic heterocycles. The zero-order valence-electron chi connectivity index (χ0n) is 11.0. The number of rotatable bonds is 3. The van der Waals surface area contributed by atoms with Gasteiger partial charge in [0.15, 0.2) is 0 Å². The van der Waals surface area contributed by atoms with Crippen LogP contribution in [0.3, 0.4) is 0 Å². The van der Waals surface area contributed by atoms with Crippen LogP contribution < -0.4 is 5.69 Å². The van der Waals surface area contributed by atoms with E-state index < -0.39 is 4.92 Å². The maximum atomic E-state index is 11.7. The van der Waals surface area contributed by atoms with Gasteiger partial charge in [0.25, 0.3) is 5.69 Å². The van der Waals surface area contributed by atoms with Crippen LogP contribution in [0.1, 0.15) is 16.8 Å². The van der Waals surface area contributed by atoms with Crippen LogP contribution in [0.2, 0.25) is 0 Å². The summed E-state index contributed by atoms with van der Waals surface area (Å²) in [6.07, 6.45) is 4.74. The third-order valence-corrected chi connectivity index (χ3v) is 3.10. The van der Waals surface area contributed by atoms with Gasteiger partial charge in [0.05, 0.1) is 22.7 Å². The Hall–Kier alpha value is -2.44. The molecule has 0 amide bonds. The monoisotopic (exact) mass is 262 g/mol. The number of hydrogen-bond acceptors (Lipinski definition) is 4. The number of nitrogens with zero attached hydrogens (tertiary/aromatic N) is 4. The highest BCUT2D eigenvalue weighted by Crippen LogP contribution is 2.24. The molecule has 2 aromatic rings. The van der Waals surface area contributed by atoms with E-state index >= 15 is 0 Å². The van der Waals surface area contributed by atoms with Crippen molar-refractivity contribution in [2.24, 2.45) is 7.05 Å². The second-order valence-corrected chi connectivity index (χ2v) is 4.44. The van der Waals surface area contributed by atoms with Gasteiger partial charge in [0.2, 0.25) is 0 Å². The fourth-order valence-corrected chi connectivity index (χ4v) is 2.00. The number of hydrogen-bond donors (Lipinski definition) is 0. The molecule has 100 valence electrons. The van der Waals surface area contributed by atoms with Gasteiger partial charge in [0, 0.05) is 31.2 Å². The molecular weight excluding hydrogens is 248 g/mol. The maximum Gasteiger partial charge on any atom is 0.328 e. The molecule has 0 radical (unpaired) electrons. The Morgan fingerprint density at radius 3 is 2.58 bits per heavy atom. The number of imidazole rings is 1. The molecule has 0 bridgehead atoms. The van der Waals surface area contributed by atoms with E-state index in [-0.39, 0.29) is 17.9 Å². The van der Waals surface area contributed by atoms with Crippen molar-refractivity contribution >= 4 is 5.69 Å².